The summed E-state index contributed by atoms with van der Waals surface area (Å²) in [6.45, 7) is 3.82. The van der Waals surface area contributed by atoms with E-state index in [2.05, 4.69) is 20.6 Å². The van der Waals surface area contributed by atoms with Gasteiger partial charge in [-0.3, -0.25) is 14.6 Å². The van der Waals surface area contributed by atoms with Gasteiger partial charge in [0.2, 0.25) is 5.91 Å². The summed E-state index contributed by atoms with van der Waals surface area (Å²) in [4.78, 5) is 31.9. The van der Waals surface area contributed by atoms with E-state index in [1.165, 1.54) is 13.1 Å². The summed E-state index contributed by atoms with van der Waals surface area (Å²) >= 11 is 0. The fraction of sp³-hybridized carbons (Fsp3) is 0.429. The number of carbonyl (C=O) groups excluding carboxylic acids is 2. The van der Waals surface area contributed by atoms with Gasteiger partial charge in [-0.25, -0.2) is 4.98 Å². The minimum absolute atomic E-state index is 0.0382. The van der Waals surface area contributed by atoms with Gasteiger partial charge in [-0.05, 0) is 31.7 Å². The number of hydrogen-bond donors (Lipinski definition) is 2. The van der Waals surface area contributed by atoms with Crippen LogP contribution in [0.1, 0.15) is 54.0 Å². The van der Waals surface area contributed by atoms with Gasteiger partial charge in [0.15, 0.2) is 0 Å². The first kappa shape index (κ1) is 19.9. The zero-order valence-electron chi connectivity index (χ0n) is 16.2. The Hall–Kier alpha value is -2.80. The second-order valence-electron chi connectivity index (χ2n) is 7.11. The zero-order valence-corrected chi connectivity index (χ0v) is 16.2. The Morgan fingerprint density at radius 3 is 2.61 bits per heavy atom. The Bertz CT molecular complexity index is 795. The molecular weight excluding hydrogens is 356 g/mol. The maximum Gasteiger partial charge on any atom is 0.271 e. The second kappa shape index (κ2) is 9.41. The summed E-state index contributed by atoms with van der Waals surface area (Å²) in [6.07, 6.45) is 5.04. The topological polar surface area (TPSA) is 93.2 Å². The van der Waals surface area contributed by atoms with Crippen LogP contribution >= 0.6 is 0 Å². The summed E-state index contributed by atoms with van der Waals surface area (Å²) in [7, 11) is 0. The van der Waals surface area contributed by atoms with Crippen LogP contribution in [0.4, 0.5) is 0 Å². The van der Waals surface area contributed by atoms with Gasteiger partial charge in [-0.15, -0.1) is 0 Å². The van der Waals surface area contributed by atoms with Crippen LogP contribution in [0, 0.1) is 6.92 Å². The summed E-state index contributed by atoms with van der Waals surface area (Å²) < 4.78 is 6.26. The number of ether oxygens (including phenoxy) is 1. The number of rotatable bonds is 6. The lowest BCUT2D eigenvalue weighted by atomic mass is 9.93. The number of aryl methyl sites for hydroxylation is 1. The van der Waals surface area contributed by atoms with Crippen LogP contribution in [0.5, 0.6) is 0 Å². The Morgan fingerprint density at radius 1 is 1.14 bits per heavy atom. The normalized spacial score (nSPS) is 21.7. The van der Waals surface area contributed by atoms with Crippen molar-refractivity contribution in [2.45, 2.75) is 51.4 Å². The van der Waals surface area contributed by atoms with Gasteiger partial charge in [-0.1, -0.05) is 30.3 Å². The minimum atomic E-state index is -0.249. The Labute approximate surface area is 164 Å². The standard InChI is InChI=1S/C21H26N4O3/c1-14-12-24-19(13-23-14)21(27)22-9-8-18-10-17(25-15(2)26)11-20(28-18)16-6-4-3-5-7-16/h3-7,12-13,17-18,20H,8-11H2,1-2H3,(H,22,27)(H,25,26)/t17-,18+,20+/m0/s1. The third kappa shape index (κ3) is 5.60. The lowest BCUT2D eigenvalue weighted by Crippen LogP contribution is -2.43. The van der Waals surface area contributed by atoms with E-state index in [0.717, 1.165) is 24.1 Å². The summed E-state index contributed by atoms with van der Waals surface area (Å²) in [5.41, 5.74) is 2.16. The molecule has 28 heavy (non-hydrogen) atoms. The highest BCUT2D eigenvalue weighted by Crippen LogP contribution is 2.32. The number of benzene rings is 1. The average Bonchev–Trinajstić information content (AvgIpc) is 2.68. The lowest BCUT2D eigenvalue weighted by Gasteiger charge is -2.36. The van der Waals surface area contributed by atoms with E-state index < -0.39 is 0 Å². The number of nitrogens with zero attached hydrogens (tertiary/aromatic N) is 2. The highest BCUT2D eigenvalue weighted by Gasteiger charge is 2.30. The number of amides is 2. The van der Waals surface area contributed by atoms with Crippen molar-refractivity contribution in [2.24, 2.45) is 0 Å². The molecule has 1 aliphatic rings. The number of hydrogen-bond acceptors (Lipinski definition) is 5. The lowest BCUT2D eigenvalue weighted by molar-refractivity contribution is -0.122. The van der Waals surface area contributed by atoms with E-state index >= 15 is 0 Å². The zero-order chi connectivity index (χ0) is 19.9. The van der Waals surface area contributed by atoms with Crippen LogP contribution in [-0.4, -0.2) is 40.5 Å². The average molecular weight is 382 g/mol. The molecule has 0 bridgehead atoms. The molecule has 2 amide bonds. The molecule has 7 heteroatoms. The molecule has 1 aromatic heterocycles. The smallest absolute Gasteiger partial charge is 0.271 e. The van der Waals surface area contributed by atoms with E-state index in [4.69, 9.17) is 4.74 Å². The molecule has 3 atom stereocenters. The van der Waals surface area contributed by atoms with Crippen LogP contribution in [-0.2, 0) is 9.53 Å². The van der Waals surface area contributed by atoms with E-state index in [0.29, 0.717) is 18.7 Å². The second-order valence-corrected chi connectivity index (χ2v) is 7.11. The predicted molar refractivity (Wildman–Crippen MR) is 105 cm³/mol. The van der Waals surface area contributed by atoms with E-state index in [1.54, 1.807) is 6.20 Å². The Kier molecular flexibility index (Phi) is 6.71. The summed E-state index contributed by atoms with van der Waals surface area (Å²) in [5.74, 6) is -0.287. The number of aromatic nitrogens is 2. The maximum absolute atomic E-state index is 12.2. The van der Waals surface area contributed by atoms with Crippen LogP contribution in [0.2, 0.25) is 0 Å². The highest BCUT2D eigenvalue weighted by atomic mass is 16.5. The fourth-order valence-corrected chi connectivity index (χ4v) is 3.44. The van der Waals surface area contributed by atoms with Gasteiger partial charge < -0.3 is 15.4 Å². The molecule has 148 valence electrons. The molecule has 1 aliphatic heterocycles. The quantitative estimate of drug-likeness (QED) is 0.800. The van der Waals surface area contributed by atoms with Gasteiger partial charge in [0.25, 0.3) is 5.91 Å². The molecule has 2 N–H and O–H groups in total. The molecule has 0 saturated carbocycles. The fourth-order valence-electron chi connectivity index (χ4n) is 3.44. The molecule has 0 radical (unpaired) electrons. The van der Waals surface area contributed by atoms with Crippen molar-refractivity contribution in [2.75, 3.05) is 6.54 Å². The summed E-state index contributed by atoms with van der Waals surface area (Å²) in [6, 6.07) is 10.1. The van der Waals surface area contributed by atoms with Crippen molar-refractivity contribution in [3.63, 3.8) is 0 Å². The van der Waals surface area contributed by atoms with Crippen molar-refractivity contribution in [1.82, 2.24) is 20.6 Å². The first-order chi connectivity index (χ1) is 13.5. The molecule has 0 spiro atoms. The van der Waals surface area contributed by atoms with E-state index in [1.807, 2.05) is 37.3 Å². The van der Waals surface area contributed by atoms with Gasteiger partial charge in [-0.2, -0.15) is 0 Å². The SMILES string of the molecule is CC(=O)N[C@H]1C[C@@H](CCNC(=O)c2cnc(C)cn2)O[C@@H](c2ccccc2)C1. The molecule has 2 heterocycles. The molecule has 0 aliphatic carbocycles. The van der Waals surface area contributed by atoms with Crippen LogP contribution < -0.4 is 10.6 Å². The summed E-state index contributed by atoms with van der Waals surface area (Å²) in [5, 5.41) is 5.88. The first-order valence-corrected chi connectivity index (χ1v) is 9.55. The van der Waals surface area contributed by atoms with Crippen molar-refractivity contribution >= 4 is 11.8 Å². The number of nitrogens with one attached hydrogen (secondary N) is 2. The first-order valence-electron chi connectivity index (χ1n) is 9.55. The largest absolute Gasteiger partial charge is 0.370 e. The third-order valence-electron chi connectivity index (χ3n) is 4.75. The predicted octanol–water partition coefficient (Wildman–Crippen LogP) is 2.33. The van der Waals surface area contributed by atoms with Crippen molar-refractivity contribution in [3.05, 3.63) is 59.7 Å². The van der Waals surface area contributed by atoms with Gasteiger partial charge in [0.1, 0.15) is 5.69 Å². The minimum Gasteiger partial charge on any atom is -0.370 e. The molecule has 1 aromatic carbocycles. The Morgan fingerprint density at radius 2 is 1.93 bits per heavy atom. The molecule has 0 unspecified atom stereocenters. The Balaban J connectivity index is 1.57. The van der Waals surface area contributed by atoms with Gasteiger partial charge >= 0.3 is 0 Å². The van der Waals surface area contributed by atoms with Crippen LogP contribution in [0.25, 0.3) is 0 Å². The van der Waals surface area contributed by atoms with Crippen molar-refractivity contribution in [3.8, 4) is 0 Å². The number of carbonyl (C=O) groups is 2. The van der Waals surface area contributed by atoms with Crippen molar-refractivity contribution in [1.29, 1.82) is 0 Å². The highest BCUT2D eigenvalue weighted by molar-refractivity contribution is 5.91. The van der Waals surface area contributed by atoms with Crippen LogP contribution in [0.3, 0.4) is 0 Å². The van der Waals surface area contributed by atoms with Crippen LogP contribution in [0.15, 0.2) is 42.7 Å². The molecule has 1 fully saturated rings. The van der Waals surface area contributed by atoms with E-state index in [9.17, 15) is 9.59 Å². The molecule has 2 aromatic rings. The van der Waals surface area contributed by atoms with Gasteiger partial charge in [0.05, 0.1) is 24.1 Å². The van der Waals surface area contributed by atoms with Gasteiger partial charge in [0, 0.05) is 25.7 Å². The molecule has 1 saturated heterocycles. The van der Waals surface area contributed by atoms with Crippen molar-refractivity contribution < 1.29 is 14.3 Å². The van der Waals surface area contributed by atoms with E-state index in [-0.39, 0.29) is 30.1 Å². The third-order valence-corrected chi connectivity index (χ3v) is 4.75. The molecule has 7 nitrogen and oxygen atoms in total. The maximum atomic E-state index is 12.2. The molecular formula is C21H26N4O3. The molecule has 3 rings (SSSR count). The monoisotopic (exact) mass is 382 g/mol.